The Bertz CT molecular complexity index is 456. The van der Waals surface area contributed by atoms with E-state index in [-0.39, 0.29) is 11.8 Å². The first-order valence-electron chi connectivity index (χ1n) is 6.43. The van der Waals surface area contributed by atoms with Crippen molar-refractivity contribution in [1.29, 1.82) is 0 Å². The molecule has 1 aromatic heterocycles. The molecule has 0 bridgehead atoms. The number of carbonyl (C=O) groups is 1. The van der Waals surface area contributed by atoms with Crippen molar-refractivity contribution in [3.8, 4) is 0 Å². The second kappa shape index (κ2) is 5.97. The van der Waals surface area contributed by atoms with Crippen molar-refractivity contribution in [2.75, 3.05) is 32.2 Å². The Hall–Kier alpha value is -1.69. The van der Waals surface area contributed by atoms with Crippen LogP contribution < -0.4 is 10.2 Å². The lowest BCUT2D eigenvalue weighted by Crippen LogP contribution is -2.31. The average molecular weight is 264 g/mol. The normalized spacial score (nSPS) is 18.4. The number of ether oxygens (including phenoxy) is 1. The molecule has 6 heteroatoms. The van der Waals surface area contributed by atoms with Crippen LogP contribution in [-0.4, -0.2) is 43.2 Å². The Morgan fingerprint density at radius 2 is 2.32 bits per heavy atom. The number of nitrogens with one attached hydrogen (secondary N) is 1. The lowest BCUT2D eigenvalue weighted by atomic mass is 10.1. The second-order valence-corrected chi connectivity index (χ2v) is 4.96. The fourth-order valence-electron chi connectivity index (χ4n) is 1.97. The first-order valence-corrected chi connectivity index (χ1v) is 6.43. The highest BCUT2D eigenvalue weighted by molar-refractivity contribution is 5.78. The molecule has 1 aliphatic heterocycles. The van der Waals surface area contributed by atoms with Crippen LogP contribution in [0.2, 0.25) is 0 Å². The lowest BCUT2D eigenvalue weighted by molar-refractivity contribution is -0.125. The van der Waals surface area contributed by atoms with Gasteiger partial charge < -0.3 is 15.0 Å². The van der Waals surface area contributed by atoms with Crippen LogP contribution in [0.25, 0.3) is 0 Å². The van der Waals surface area contributed by atoms with Crippen molar-refractivity contribution in [2.24, 2.45) is 5.92 Å². The molecule has 0 saturated carbocycles. The van der Waals surface area contributed by atoms with Crippen LogP contribution in [-0.2, 0) is 16.1 Å². The van der Waals surface area contributed by atoms with Crippen molar-refractivity contribution >= 4 is 11.7 Å². The minimum absolute atomic E-state index is 0.0222. The molecule has 0 aliphatic carbocycles. The van der Waals surface area contributed by atoms with E-state index in [2.05, 4.69) is 15.3 Å². The van der Waals surface area contributed by atoms with Gasteiger partial charge in [-0.15, -0.1) is 0 Å². The maximum Gasteiger partial charge on any atom is 0.225 e. The number of amides is 1. The van der Waals surface area contributed by atoms with Gasteiger partial charge in [-0.25, -0.2) is 9.97 Å². The molecule has 19 heavy (non-hydrogen) atoms. The SMILES string of the molecule is Cc1cc(N(C)C)nc(CNC(=O)C2CCOC2)n1. The third kappa shape index (κ3) is 3.64. The summed E-state index contributed by atoms with van der Waals surface area (Å²) in [6, 6.07) is 1.91. The fourth-order valence-corrected chi connectivity index (χ4v) is 1.97. The molecule has 1 atom stereocenters. The van der Waals surface area contributed by atoms with E-state index in [9.17, 15) is 4.79 Å². The molecule has 0 radical (unpaired) electrons. The number of nitrogens with zero attached hydrogens (tertiary/aromatic N) is 3. The summed E-state index contributed by atoms with van der Waals surface area (Å²) in [5.41, 5.74) is 0.896. The summed E-state index contributed by atoms with van der Waals surface area (Å²) in [4.78, 5) is 22.5. The lowest BCUT2D eigenvalue weighted by Gasteiger charge is -2.14. The standard InChI is InChI=1S/C13H20N4O2/c1-9-6-12(17(2)3)16-11(15-9)7-14-13(18)10-4-5-19-8-10/h6,10H,4-5,7-8H2,1-3H3,(H,14,18). The molecule has 1 amide bonds. The number of hydrogen-bond donors (Lipinski definition) is 1. The Kier molecular flexibility index (Phi) is 4.31. The van der Waals surface area contributed by atoms with Crippen molar-refractivity contribution < 1.29 is 9.53 Å². The Balaban J connectivity index is 1.97. The van der Waals surface area contributed by atoms with Crippen molar-refractivity contribution in [2.45, 2.75) is 19.9 Å². The minimum Gasteiger partial charge on any atom is -0.381 e. The molecule has 1 N–H and O–H groups in total. The summed E-state index contributed by atoms with van der Waals surface area (Å²) in [6.07, 6.45) is 0.795. The van der Waals surface area contributed by atoms with Gasteiger partial charge in [-0.1, -0.05) is 0 Å². The summed E-state index contributed by atoms with van der Waals surface area (Å²) in [5, 5.41) is 2.87. The third-order valence-electron chi connectivity index (χ3n) is 3.07. The van der Waals surface area contributed by atoms with Crippen molar-refractivity contribution in [3.05, 3.63) is 17.6 Å². The molecule has 2 rings (SSSR count). The van der Waals surface area contributed by atoms with Gasteiger partial charge in [0.25, 0.3) is 0 Å². The second-order valence-electron chi connectivity index (χ2n) is 4.96. The van der Waals surface area contributed by atoms with Crippen LogP contribution >= 0.6 is 0 Å². The van der Waals surface area contributed by atoms with Crippen LogP contribution in [0.1, 0.15) is 17.9 Å². The molecule has 6 nitrogen and oxygen atoms in total. The van der Waals surface area contributed by atoms with Gasteiger partial charge in [0.05, 0.1) is 19.1 Å². The van der Waals surface area contributed by atoms with Gasteiger partial charge in [-0.3, -0.25) is 4.79 Å². The molecule has 2 heterocycles. The van der Waals surface area contributed by atoms with Crippen molar-refractivity contribution in [1.82, 2.24) is 15.3 Å². The van der Waals surface area contributed by atoms with Crippen LogP contribution in [0.5, 0.6) is 0 Å². The maximum atomic E-state index is 11.9. The summed E-state index contributed by atoms with van der Waals surface area (Å²) >= 11 is 0. The van der Waals surface area contributed by atoms with Gasteiger partial charge in [0, 0.05) is 32.5 Å². The number of anilines is 1. The van der Waals surface area contributed by atoms with E-state index in [1.54, 1.807) is 0 Å². The number of aryl methyl sites for hydroxylation is 1. The average Bonchev–Trinajstić information content (AvgIpc) is 2.89. The van der Waals surface area contributed by atoms with E-state index in [0.717, 1.165) is 17.9 Å². The van der Waals surface area contributed by atoms with Crippen molar-refractivity contribution in [3.63, 3.8) is 0 Å². The minimum atomic E-state index is -0.0295. The highest BCUT2D eigenvalue weighted by atomic mass is 16.5. The molecule has 0 spiro atoms. The zero-order valence-corrected chi connectivity index (χ0v) is 11.6. The first-order chi connectivity index (χ1) is 9.06. The van der Waals surface area contributed by atoms with Crippen LogP contribution in [0.15, 0.2) is 6.07 Å². The largest absolute Gasteiger partial charge is 0.381 e. The predicted octanol–water partition coefficient (Wildman–Crippen LogP) is 0.504. The Labute approximate surface area is 113 Å². The molecule has 1 unspecified atom stereocenters. The molecule has 1 aliphatic rings. The highest BCUT2D eigenvalue weighted by Gasteiger charge is 2.23. The van der Waals surface area contributed by atoms with Gasteiger partial charge in [-0.05, 0) is 13.3 Å². The van der Waals surface area contributed by atoms with Gasteiger partial charge in [0.15, 0.2) is 0 Å². The number of rotatable bonds is 4. The monoisotopic (exact) mass is 264 g/mol. The number of aromatic nitrogens is 2. The highest BCUT2D eigenvalue weighted by Crippen LogP contribution is 2.13. The maximum absolute atomic E-state index is 11.9. The van der Waals surface area contributed by atoms with E-state index in [4.69, 9.17) is 4.74 Å². The summed E-state index contributed by atoms with van der Waals surface area (Å²) in [7, 11) is 3.86. The molecule has 0 aromatic carbocycles. The first kappa shape index (κ1) is 13.7. The van der Waals surface area contributed by atoms with E-state index in [0.29, 0.717) is 25.6 Å². The number of hydrogen-bond acceptors (Lipinski definition) is 5. The fraction of sp³-hybridized carbons (Fsp3) is 0.615. The Morgan fingerprint density at radius 1 is 1.53 bits per heavy atom. The molecule has 1 saturated heterocycles. The van der Waals surface area contributed by atoms with Gasteiger partial charge >= 0.3 is 0 Å². The van der Waals surface area contributed by atoms with E-state index < -0.39 is 0 Å². The predicted molar refractivity (Wildman–Crippen MR) is 71.9 cm³/mol. The summed E-state index contributed by atoms with van der Waals surface area (Å²) in [5.74, 6) is 1.48. The topological polar surface area (TPSA) is 67.4 Å². The quantitative estimate of drug-likeness (QED) is 0.858. The Morgan fingerprint density at radius 3 is 2.95 bits per heavy atom. The van der Waals surface area contributed by atoms with Gasteiger partial charge in [0.2, 0.25) is 5.91 Å². The number of carbonyl (C=O) groups excluding carboxylic acids is 1. The van der Waals surface area contributed by atoms with E-state index >= 15 is 0 Å². The molecule has 104 valence electrons. The van der Waals surface area contributed by atoms with Crippen LogP contribution in [0.3, 0.4) is 0 Å². The summed E-state index contributed by atoms with van der Waals surface area (Å²) < 4.78 is 5.20. The van der Waals surface area contributed by atoms with Gasteiger partial charge in [0.1, 0.15) is 11.6 Å². The molecule has 1 fully saturated rings. The molecule has 1 aromatic rings. The zero-order chi connectivity index (χ0) is 13.8. The summed E-state index contributed by atoms with van der Waals surface area (Å²) in [6.45, 7) is 3.47. The molecular weight excluding hydrogens is 244 g/mol. The van der Waals surface area contributed by atoms with Gasteiger partial charge in [-0.2, -0.15) is 0 Å². The van der Waals surface area contributed by atoms with E-state index in [1.165, 1.54) is 0 Å². The third-order valence-corrected chi connectivity index (χ3v) is 3.07. The van der Waals surface area contributed by atoms with E-state index in [1.807, 2.05) is 32.0 Å². The van der Waals surface area contributed by atoms with Crippen LogP contribution in [0, 0.1) is 12.8 Å². The zero-order valence-electron chi connectivity index (χ0n) is 11.6. The molecular formula is C13H20N4O2. The smallest absolute Gasteiger partial charge is 0.225 e. The van der Waals surface area contributed by atoms with Crippen LogP contribution in [0.4, 0.5) is 5.82 Å².